The summed E-state index contributed by atoms with van der Waals surface area (Å²) in [5.74, 6) is 1.07. The highest BCUT2D eigenvalue weighted by atomic mass is 16.5. The first-order chi connectivity index (χ1) is 7.04. The summed E-state index contributed by atoms with van der Waals surface area (Å²) in [6, 6.07) is 5.76. The first-order valence-electron chi connectivity index (χ1n) is 5.17. The van der Waals surface area contributed by atoms with E-state index in [2.05, 4.69) is 19.2 Å². The van der Waals surface area contributed by atoms with Crippen LogP contribution >= 0.6 is 0 Å². The molecule has 1 atom stereocenters. The lowest BCUT2D eigenvalue weighted by molar-refractivity contribution is 0.405. The number of aromatic hydroxyl groups is 1. The third-order valence-electron chi connectivity index (χ3n) is 2.28. The molecule has 0 aliphatic rings. The van der Waals surface area contributed by atoms with E-state index in [1.807, 2.05) is 13.0 Å². The standard InChI is InChI=1S/C12H19NO2/c1-8(2)13-9(3)11-7-10(15-4)5-6-12(11)14/h5-9,13-14H,1-4H3/t9-/m0/s1. The van der Waals surface area contributed by atoms with Crippen molar-refractivity contribution in [2.45, 2.75) is 32.9 Å². The Morgan fingerprint density at radius 1 is 1.27 bits per heavy atom. The van der Waals surface area contributed by atoms with Crippen LogP contribution in [0.4, 0.5) is 0 Å². The van der Waals surface area contributed by atoms with Crippen LogP contribution in [0.25, 0.3) is 0 Å². The lowest BCUT2D eigenvalue weighted by Gasteiger charge is -2.18. The van der Waals surface area contributed by atoms with E-state index in [4.69, 9.17) is 4.74 Å². The zero-order valence-electron chi connectivity index (χ0n) is 9.74. The predicted molar refractivity (Wildman–Crippen MR) is 61.3 cm³/mol. The van der Waals surface area contributed by atoms with Gasteiger partial charge in [0.1, 0.15) is 11.5 Å². The maximum absolute atomic E-state index is 9.72. The Morgan fingerprint density at radius 2 is 1.93 bits per heavy atom. The highest BCUT2D eigenvalue weighted by molar-refractivity contribution is 5.41. The van der Waals surface area contributed by atoms with Crippen LogP contribution in [0.15, 0.2) is 18.2 Å². The summed E-state index contributed by atoms with van der Waals surface area (Å²) in [6.45, 7) is 6.18. The first-order valence-corrected chi connectivity index (χ1v) is 5.17. The molecule has 0 bridgehead atoms. The monoisotopic (exact) mass is 209 g/mol. The van der Waals surface area contributed by atoms with Gasteiger partial charge in [0.15, 0.2) is 0 Å². The molecule has 0 fully saturated rings. The second kappa shape index (κ2) is 5.03. The highest BCUT2D eigenvalue weighted by Gasteiger charge is 2.11. The summed E-state index contributed by atoms with van der Waals surface area (Å²) >= 11 is 0. The average Bonchev–Trinajstić information content (AvgIpc) is 2.17. The number of rotatable bonds is 4. The second-order valence-electron chi connectivity index (χ2n) is 3.97. The average molecular weight is 209 g/mol. The van der Waals surface area contributed by atoms with Gasteiger partial charge in [-0.15, -0.1) is 0 Å². The Labute approximate surface area is 91.1 Å². The van der Waals surface area contributed by atoms with Gasteiger partial charge in [0.05, 0.1) is 7.11 Å². The van der Waals surface area contributed by atoms with Crippen LogP contribution in [0.5, 0.6) is 11.5 Å². The SMILES string of the molecule is COc1ccc(O)c([C@H](C)NC(C)C)c1. The van der Waals surface area contributed by atoms with Gasteiger partial charge >= 0.3 is 0 Å². The van der Waals surface area contributed by atoms with Crippen molar-refractivity contribution in [3.8, 4) is 11.5 Å². The van der Waals surface area contributed by atoms with Gasteiger partial charge in [-0.05, 0) is 25.1 Å². The zero-order valence-corrected chi connectivity index (χ0v) is 9.74. The van der Waals surface area contributed by atoms with E-state index in [0.29, 0.717) is 11.8 Å². The zero-order chi connectivity index (χ0) is 11.4. The third-order valence-corrected chi connectivity index (χ3v) is 2.28. The molecule has 0 aromatic heterocycles. The van der Waals surface area contributed by atoms with E-state index in [-0.39, 0.29) is 6.04 Å². The second-order valence-corrected chi connectivity index (χ2v) is 3.97. The van der Waals surface area contributed by atoms with Crippen molar-refractivity contribution in [3.05, 3.63) is 23.8 Å². The van der Waals surface area contributed by atoms with Crippen LogP contribution in [-0.4, -0.2) is 18.3 Å². The molecular weight excluding hydrogens is 190 g/mol. The molecule has 0 radical (unpaired) electrons. The molecule has 0 unspecified atom stereocenters. The van der Waals surface area contributed by atoms with Gasteiger partial charge in [-0.3, -0.25) is 0 Å². The molecule has 0 saturated heterocycles. The minimum Gasteiger partial charge on any atom is -0.508 e. The van der Waals surface area contributed by atoms with Crippen molar-refractivity contribution in [3.63, 3.8) is 0 Å². The van der Waals surface area contributed by atoms with Crippen molar-refractivity contribution in [1.29, 1.82) is 0 Å². The molecule has 1 aromatic rings. The molecule has 84 valence electrons. The largest absolute Gasteiger partial charge is 0.508 e. The molecule has 2 N–H and O–H groups in total. The number of hydrogen-bond donors (Lipinski definition) is 2. The Hall–Kier alpha value is -1.22. The molecular formula is C12H19NO2. The van der Waals surface area contributed by atoms with E-state index in [1.165, 1.54) is 0 Å². The van der Waals surface area contributed by atoms with Crippen LogP contribution in [0.2, 0.25) is 0 Å². The summed E-state index contributed by atoms with van der Waals surface area (Å²) in [4.78, 5) is 0. The quantitative estimate of drug-likeness (QED) is 0.800. The van der Waals surface area contributed by atoms with E-state index in [9.17, 15) is 5.11 Å². The van der Waals surface area contributed by atoms with E-state index in [1.54, 1.807) is 19.2 Å². The fourth-order valence-electron chi connectivity index (χ4n) is 1.60. The van der Waals surface area contributed by atoms with Crippen LogP contribution in [0.3, 0.4) is 0 Å². The number of ether oxygens (including phenoxy) is 1. The van der Waals surface area contributed by atoms with Gasteiger partial charge < -0.3 is 15.2 Å². The lowest BCUT2D eigenvalue weighted by atomic mass is 10.1. The van der Waals surface area contributed by atoms with Gasteiger partial charge in [0, 0.05) is 17.6 Å². The number of phenolic OH excluding ortho intramolecular Hbond substituents is 1. The maximum Gasteiger partial charge on any atom is 0.120 e. The van der Waals surface area contributed by atoms with E-state index < -0.39 is 0 Å². The third kappa shape index (κ3) is 3.13. The minimum atomic E-state index is 0.111. The molecule has 0 aliphatic carbocycles. The van der Waals surface area contributed by atoms with E-state index in [0.717, 1.165) is 11.3 Å². The van der Waals surface area contributed by atoms with Gasteiger partial charge in [-0.2, -0.15) is 0 Å². The highest BCUT2D eigenvalue weighted by Crippen LogP contribution is 2.28. The molecule has 3 heteroatoms. The predicted octanol–water partition coefficient (Wildman–Crippen LogP) is 2.46. The Bertz CT molecular complexity index is 323. The summed E-state index contributed by atoms with van der Waals surface area (Å²) in [6.07, 6.45) is 0. The molecule has 0 heterocycles. The molecule has 1 aromatic carbocycles. The summed E-state index contributed by atoms with van der Waals surface area (Å²) < 4.78 is 5.13. The first kappa shape index (κ1) is 11.9. The number of hydrogen-bond acceptors (Lipinski definition) is 3. The summed E-state index contributed by atoms with van der Waals surface area (Å²) in [5.41, 5.74) is 0.864. The number of methoxy groups -OCH3 is 1. The van der Waals surface area contributed by atoms with Crippen molar-refractivity contribution >= 4 is 0 Å². The topological polar surface area (TPSA) is 41.5 Å². The molecule has 1 rings (SSSR count). The Balaban J connectivity index is 2.91. The normalized spacial score (nSPS) is 12.9. The smallest absolute Gasteiger partial charge is 0.120 e. The fraction of sp³-hybridized carbons (Fsp3) is 0.500. The maximum atomic E-state index is 9.72. The Kier molecular flexibility index (Phi) is 3.97. The summed E-state index contributed by atoms with van der Waals surface area (Å²) in [7, 11) is 1.62. The molecule has 3 nitrogen and oxygen atoms in total. The van der Waals surface area contributed by atoms with Gasteiger partial charge in [-0.25, -0.2) is 0 Å². The van der Waals surface area contributed by atoms with Gasteiger partial charge in [0.2, 0.25) is 0 Å². The van der Waals surface area contributed by atoms with Crippen LogP contribution in [-0.2, 0) is 0 Å². The van der Waals surface area contributed by atoms with Crippen LogP contribution in [0, 0.1) is 0 Å². The van der Waals surface area contributed by atoms with Crippen molar-refractivity contribution in [1.82, 2.24) is 5.32 Å². The van der Waals surface area contributed by atoms with Gasteiger partial charge in [-0.1, -0.05) is 13.8 Å². The van der Waals surface area contributed by atoms with Crippen molar-refractivity contribution in [2.75, 3.05) is 7.11 Å². The van der Waals surface area contributed by atoms with E-state index >= 15 is 0 Å². The molecule has 0 spiro atoms. The molecule has 0 amide bonds. The molecule has 15 heavy (non-hydrogen) atoms. The van der Waals surface area contributed by atoms with Crippen molar-refractivity contribution < 1.29 is 9.84 Å². The summed E-state index contributed by atoms with van der Waals surface area (Å²) in [5, 5.41) is 13.1. The van der Waals surface area contributed by atoms with Crippen LogP contribution < -0.4 is 10.1 Å². The fourth-order valence-corrected chi connectivity index (χ4v) is 1.60. The lowest BCUT2D eigenvalue weighted by Crippen LogP contribution is -2.26. The Morgan fingerprint density at radius 3 is 2.47 bits per heavy atom. The number of phenols is 1. The number of benzene rings is 1. The molecule has 0 aliphatic heterocycles. The molecule has 0 saturated carbocycles. The van der Waals surface area contributed by atoms with Crippen molar-refractivity contribution in [2.24, 2.45) is 0 Å². The number of nitrogens with one attached hydrogen (secondary N) is 1. The van der Waals surface area contributed by atoms with Gasteiger partial charge in [0.25, 0.3) is 0 Å². The van der Waals surface area contributed by atoms with Crippen LogP contribution in [0.1, 0.15) is 32.4 Å². The minimum absolute atomic E-state index is 0.111.